The van der Waals surface area contributed by atoms with Gasteiger partial charge in [0.15, 0.2) is 0 Å². The average molecular weight is 264 g/mol. The second kappa shape index (κ2) is 7.71. The van der Waals surface area contributed by atoms with Crippen LogP contribution < -0.4 is 5.32 Å². The first-order valence-electron chi connectivity index (χ1n) is 7.82. The maximum atomic E-state index is 5.42. The van der Waals surface area contributed by atoms with Gasteiger partial charge >= 0.3 is 0 Å². The minimum absolute atomic E-state index is 0.307. The molecule has 1 N–H and O–H groups in total. The molecule has 3 nitrogen and oxygen atoms in total. The maximum absolute atomic E-state index is 5.42. The van der Waals surface area contributed by atoms with E-state index in [1.807, 2.05) is 12.1 Å². The quantitative estimate of drug-likeness (QED) is 0.851. The molecule has 2 unspecified atom stereocenters. The van der Waals surface area contributed by atoms with E-state index in [4.69, 9.17) is 4.42 Å². The number of hydrogen-bond donors (Lipinski definition) is 1. The molecule has 2 rings (SSSR count). The average Bonchev–Trinajstić information content (AvgIpc) is 2.86. The fraction of sp³-hybridized carbons (Fsp3) is 0.750. The van der Waals surface area contributed by atoms with Gasteiger partial charge in [0.05, 0.1) is 12.3 Å². The summed E-state index contributed by atoms with van der Waals surface area (Å²) in [6.07, 6.45) is 8.59. The van der Waals surface area contributed by atoms with Crippen LogP contribution in [0.1, 0.15) is 57.8 Å². The van der Waals surface area contributed by atoms with Crippen molar-refractivity contribution in [3.8, 4) is 0 Å². The van der Waals surface area contributed by atoms with Crippen LogP contribution in [0.3, 0.4) is 0 Å². The summed E-state index contributed by atoms with van der Waals surface area (Å²) >= 11 is 0. The topological polar surface area (TPSA) is 28.4 Å². The number of likely N-dealkylation sites (tertiary alicyclic amines) is 1. The third kappa shape index (κ3) is 4.36. The Morgan fingerprint density at radius 2 is 2.32 bits per heavy atom. The molecule has 0 saturated carbocycles. The van der Waals surface area contributed by atoms with Crippen LogP contribution in [0.25, 0.3) is 0 Å². The molecule has 2 heterocycles. The van der Waals surface area contributed by atoms with Crippen LogP contribution in [0.5, 0.6) is 0 Å². The fourth-order valence-corrected chi connectivity index (χ4v) is 3.06. The second-order valence-electron chi connectivity index (χ2n) is 5.64. The van der Waals surface area contributed by atoms with Crippen LogP contribution in [0.15, 0.2) is 22.8 Å². The van der Waals surface area contributed by atoms with Crippen LogP contribution in [0.4, 0.5) is 0 Å². The van der Waals surface area contributed by atoms with Gasteiger partial charge in [0, 0.05) is 19.1 Å². The Morgan fingerprint density at radius 3 is 3.05 bits per heavy atom. The molecule has 1 aliphatic heterocycles. The lowest BCUT2D eigenvalue weighted by atomic mass is 10.1. The minimum atomic E-state index is 0.307. The molecular weight excluding hydrogens is 236 g/mol. The molecule has 0 bridgehead atoms. The van der Waals surface area contributed by atoms with Gasteiger partial charge in [0.25, 0.3) is 0 Å². The number of nitrogens with one attached hydrogen (secondary N) is 1. The summed E-state index contributed by atoms with van der Waals surface area (Å²) in [7, 11) is 0. The smallest absolute Gasteiger partial charge is 0.120 e. The summed E-state index contributed by atoms with van der Waals surface area (Å²) in [4.78, 5) is 2.68. The van der Waals surface area contributed by atoms with Gasteiger partial charge in [-0.25, -0.2) is 0 Å². The Bertz CT molecular complexity index is 337. The van der Waals surface area contributed by atoms with E-state index < -0.39 is 0 Å². The van der Waals surface area contributed by atoms with Crippen LogP contribution in [-0.2, 0) is 0 Å². The van der Waals surface area contributed by atoms with Crippen molar-refractivity contribution in [2.24, 2.45) is 0 Å². The van der Waals surface area contributed by atoms with Gasteiger partial charge in [-0.1, -0.05) is 19.8 Å². The fourth-order valence-electron chi connectivity index (χ4n) is 3.06. The van der Waals surface area contributed by atoms with Crippen LogP contribution in [-0.4, -0.2) is 30.6 Å². The molecule has 1 fully saturated rings. The van der Waals surface area contributed by atoms with Crippen LogP contribution in [0.2, 0.25) is 0 Å². The molecule has 0 amide bonds. The third-order valence-corrected chi connectivity index (χ3v) is 4.29. The third-order valence-electron chi connectivity index (χ3n) is 4.29. The Hall–Kier alpha value is -0.800. The van der Waals surface area contributed by atoms with Gasteiger partial charge in [-0.2, -0.15) is 0 Å². The molecule has 0 radical (unpaired) electrons. The van der Waals surface area contributed by atoms with Crippen molar-refractivity contribution in [3.05, 3.63) is 24.2 Å². The van der Waals surface area contributed by atoms with Crippen molar-refractivity contribution in [2.75, 3.05) is 19.6 Å². The number of nitrogens with zero attached hydrogens (tertiary/aromatic N) is 1. The van der Waals surface area contributed by atoms with E-state index in [0.29, 0.717) is 6.04 Å². The molecule has 108 valence electrons. The summed E-state index contributed by atoms with van der Waals surface area (Å²) in [5.74, 6) is 1.03. The first-order chi connectivity index (χ1) is 9.31. The summed E-state index contributed by atoms with van der Waals surface area (Å²) in [6.45, 7) is 7.96. The molecule has 3 heteroatoms. The van der Waals surface area contributed by atoms with E-state index in [0.717, 1.165) is 24.9 Å². The van der Waals surface area contributed by atoms with Crippen molar-refractivity contribution < 1.29 is 4.42 Å². The highest BCUT2D eigenvalue weighted by Gasteiger charge is 2.19. The molecule has 19 heavy (non-hydrogen) atoms. The van der Waals surface area contributed by atoms with Gasteiger partial charge in [-0.05, 0) is 44.9 Å². The lowest BCUT2D eigenvalue weighted by Crippen LogP contribution is -2.39. The Kier molecular flexibility index (Phi) is 5.93. The first-order valence-corrected chi connectivity index (χ1v) is 7.82. The van der Waals surface area contributed by atoms with Gasteiger partial charge < -0.3 is 9.73 Å². The van der Waals surface area contributed by atoms with E-state index in [1.54, 1.807) is 6.26 Å². The summed E-state index contributed by atoms with van der Waals surface area (Å²) in [5, 5.41) is 3.56. The highest BCUT2D eigenvalue weighted by molar-refractivity contribution is 5.02. The lowest BCUT2D eigenvalue weighted by molar-refractivity contribution is 0.192. The molecule has 1 aliphatic rings. The van der Waals surface area contributed by atoms with Gasteiger partial charge in [-0.3, -0.25) is 4.90 Å². The lowest BCUT2D eigenvalue weighted by Gasteiger charge is -2.29. The highest BCUT2D eigenvalue weighted by Crippen LogP contribution is 2.18. The van der Waals surface area contributed by atoms with Crippen LogP contribution >= 0.6 is 0 Å². The zero-order valence-electron chi connectivity index (χ0n) is 12.4. The van der Waals surface area contributed by atoms with Crippen LogP contribution in [0, 0.1) is 0 Å². The summed E-state index contributed by atoms with van der Waals surface area (Å²) in [5.41, 5.74) is 0. The molecule has 1 aromatic rings. The Morgan fingerprint density at radius 1 is 1.42 bits per heavy atom. The van der Waals surface area contributed by atoms with E-state index in [1.165, 1.54) is 38.6 Å². The second-order valence-corrected chi connectivity index (χ2v) is 5.64. The van der Waals surface area contributed by atoms with Gasteiger partial charge in [0.1, 0.15) is 5.76 Å². The van der Waals surface area contributed by atoms with E-state index in [2.05, 4.69) is 24.1 Å². The summed E-state index contributed by atoms with van der Waals surface area (Å²) in [6, 6.07) is 5.10. The predicted octanol–water partition coefficient (Wildman–Crippen LogP) is 3.58. The number of furan rings is 1. The normalized spacial score (nSPS) is 23.2. The van der Waals surface area contributed by atoms with Crippen molar-refractivity contribution in [1.82, 2.24) is 10.2 Å². The standard InChI is InChI=1S/C16H28N2O/c1-3-15-8-5-4-6-11-18(15)12-10-17-14(2)16-9-7-13-19-16/h7,9,13-15,17H,3-6,8,10-12H2,1-2H3. The highest BCUT2D eigenvalue weighted by atomic mass is 16.3. The van der Waals surface area contributed by atoms with Gasteiger partial charge in [-0.15, -0.1) is 0 Å². The predicted molar refractivity (Wildman–Crippen MR) is 79.2 cm³/mol. The summed E-state index contributed by atoms with van der Waals surface area (Å²) < 4.78 is 5.42. The monoisotopic (exact) mass is 264 g/mol. The minimum Gasteiger partial charge on any atom is -0.468 e. The molecule has 0 aromatic carbocycles. The van der Waals surface area contributed by atoms with E-state index >= 15 is 0 Å². The number of hydrogen-bond acceptors (Lipinski definition) is 3. The van der Waals surface area contributed by atoms with Crippen molar-refractivity contribution in [2.45, 2.75) is 58.0 Å². The zero-order chi connectivity index (χ0) is 13.5. The first kappa shape index (κ1) is 14.6. The number of rotatable bonds is 6. The van der Waals surface area contributed by atoms with Gasteiger partial charge in [0.2, 0.25) is 0 Å². The Labute approximate surface area is 117 Å². The molecular formula is C16H28N2O. The largest absolute Gasteiger partial charge is 0.468 e. The van der Waals surface area contributed by atoms with Crippen molar-refractivity contribution >= 4 is 0 Å². The van der Waals surface area contributed by atoms with Crippen molar-refractivity contribution in [1.29, 1.82) is 0 Å². The van der Waals surface area contributed by atoms with E-state index in [9.17, 15) is 0 Å². The molecule has 2 atom stereocenters. The Balaban J connectivity index is 1.74. The van der Waals surface area contributed by atoms with E-state index in [-0.39, 0.29) is 0 Å². The molecule has 0 aliphatic carbocycles. The maximum Gasteiger partial charge on any atom is 0.120 e. The molecule has 0 spiro atoms. The molecule has 1 aromatic heterocycles. The zero-order valence-corrected chi connectivity index (χ0v) is 12.4. The van der Waals surface area contributed by atoms with Crippen molar-refractivity contribution in [3.63, 3.8) is 0 Å². The molecule has 1 saturated heterocycles. The SMILES string of the molecule is CCC1CCCCCN1CCNC(C)c1ccco1.